The van der Waals surface area contributed by atoms with Gasteiger partial charge in [0, 0.05) is 12.1 Å². The van der Waals surface area contributed by atoms with E-state index in [1.807, 2.05) is 18.2 Å². The predicted molar refractivity (Wildman–Crippen MR) is 106 cm³/mol. The van der Waals surface area contributed by atoms with Crippen LogP contribution < -0.4 is 15.4 Å². The van der Waals surface area contributed by atoms with Gasteiger partial charge < -0.3 is 20.1 Å². The number of hydrogen-bond acceptors (Lipinski definition) is 6. The predicted octanol–water partition coefficient (Wildman–Crippen LogP) is 2.62. The highest BCUT2D eigenvalue weighted by Gasteiger charge is 2.27. The fourth-order valence-corrected chi connectivity index (χ4v) is 2.83. The van der Waals surface area contributed by atoms with E-state index >= 15 is 0 Å². The molecule has 1 fully saturated rings. The molecule has 0 aliphatic heterocycles. The molecular formula is C20H27N5O4. The summed E-state index contributed by atoms with van der Waals surface area (Å²) >= 11 is 0. The number of hydrogen-bond donors (Lipinski definition) is 2. The van der Waals surface area contributed by atoms with Gasteiger partial charge in [0.25, 0.3) is 5.91 Å². The molecule has 0 saturated heterocycles. The van der Waals surface area contributed by atoms with Crippen LogP contribution in [0, 0.1) is 0 Å². The molecule has 1 atom stereocenters. The summed E-state index contributed by atoms with van der Waals surface area (Å²) in [5.41, 5.74) is 0.329. The molecule has 29 heavy (non-hydrogen) atoms. The van der Waals surface area contributed by atoms with Gasteiger partial charge in [0.2, 0.25) is 0 Å². The van der Waals surface area contributed by atoms with Gasteiger partial charge in [-0.15, -0.1) is 5.10 Å². The van der Waals surface area contributed by atoms with Crippen LogP contribution in [0.15, 0.2) is 30.5 Å². The number of carbonyl (C=O) groups is 2. The molecule has 1 aromatic heterocycles. The quantitative estimate of drug-likeness (QED) is 0.738. The number of para-hydroxylation sites is 1. The first-order chi connectivity index (χ1) is 13.8. The number of rotatable bonds is 7. The molecule has 156 valence electrons. The Morgan fingerprint density at radius 2 is 2.00 bits per heavy atom. The van der Waals surface area contributed by atoms with Crippen LogP contribution in [0.3, 0.4) is 0 Å². The lowest BCUT2D eigenvalue weighted by Crippen LogP contribution is -2.40. The summed E-state index contributed by atoms with van der Waals surface area (Å²) < 4.78 is 12.5. The van der Waals surface area contributed by atoms with Crippen LogP contribution in [0.1, 0.15) is 61.7 Å². The second kappa shape index (κ2) is 8.50. The second-order valence-corrected chi connectivity index (χ2v) is 7.97. The van der Waals surface area contributed by atoms with Crippen molar-refractivity contribution in [2.24, 2.45) is 0 Å². The zero-order valence-corrected chi connectivity index (χ0v) is 17.1. The molecule has 0 spiro atoms. The summed E-state index contributed by atoms with van der Waals surface area (Å²) in [6, 6.07) is 7.09. The Morgan fingerprint density at radius 3 is 2.66 bits per heavy atom. The van der Waals surface area contributed by atoms with Crippen LogP contribution in [-0.4, -0.2) is 46.2 Å². The van der Waals surface area contributed by atoms with E-state index in [1.165, 1.54) is 0 Å². The average Bonchev–Trinajstić information content (AvgIpc) is 3.40. The molecule has 0 bridgehead atoms. The smallest absolute Gasteiger partial charge is 0.408 e. The molecule has 1 aromatic carbocycles. The Morgan fingerprint density at radius 1 is 1.28 bits per heavy atom. The van der Waals surface area contributed by atoms with Gasteiger partial charge in [-0.2, -0.15) is 0 Å². The molecular weight excluding hydrogens is 374 g/mol. The Balaban J connectivity index is 1.71. The Bertz CT molecular complexity index is 870. The van der Waals surface area contributed by atoms with E-state index in [-0.39, 0.29) is 18.1 Å². The Labute approximate surface area is 169 Å². The van der Waals surface area contributed by atoms with Crippen LogP contribution in [0.4, 0.5) is 4.79 Å². The lowest BCUT2D eigenvalue weighted by molar-refractivity contribution is 0.0500. The van der Waals surface area contributed by atoms with Gasteiger partial charge >= 0.3 is 6.09 Å². The van der Waals surface area contributed by atoms with E-state index in [0.29, 0.717) is 11.8 Å². The first-order valence-corrected chi connectivity index (χ1v) is 9.59. The molecule has 1 heterocycles. The first-order valence-electron chi connectivity index (χ1n) is 9.59. The molecule has 2 amide bonds. The van der Waals surface area contributed by atoms with Crippen molar-refractivity contribution in [3.8, 4) is 5.75 Å². The summed E-state index contributed by atoms with van der Waals surface area (Å²) in [5.74, 6) is 0.241. The minimum absolute atomic E-state index is 0.134. The van der Waals surface area contributed by atoms with Crippen molar-refractivity contribution in [2.75, 3.05) is 13.7 Å². The van der Waals surface area contributed by atoms with Crippen molar-refractivity contribution >= 4 is 12.0 Å². The fourth-order valence-electron chi connectivity index (χ4n) is 2.83. The summed E-state index contributed by atoms with van der Waals surface area (Å²) in [7, 11) is 1.55. The van der Waals surface area contributed by atoms with Crippen LogP contribution in [0.5, 0.6) is 5.75 Å². The minimum Gasteiger partial charge on any atom is -0.496 e. The molecule has 2 aromatic rings. The molecule has 3 rings (SSSR count). The zero-order valence-electron chi connectivity index (χ0n) is 17.1. The SMILES string of the molecule is COc1ccccc1C(CNC(=O)c1cn(C2CC2)nn1)NC(=O)OC(C)(C)C. The number of nitrogens with one attached hydrogen (secondary N) is 2. The van der Waals surface area contributed by atoms with Gasteiger partial charge in [-0.1, -0.05) is 23.4 Å². The van der Waals surface area contributed by atoms with Crippen molar-refractivity contribution in [1.29, 1.82) is 0 Å². The molecule has 2 N–H and O–H groups in total. The summed E-state index contributed by atoms with van der Waals surface area (Å²) in [4.78, 5) is 24.8. The molecule has 9 nitrogen and oxygen atoms in total. The lowest BCUT2D eigenvalue weighted by atomic mass is 10.1. The van der Waals surface area contributed by atoms with E-state index in [1.54, 1.807) is 44.8 Å². The highest BCUT2D eigenvalue weighted by Crippen LogP contribution is 2.33. The summed E-state index contributed by atoms with van der Waals surface area (Å²) in [6.07, 6.45) is 3.18. The van der Waals surface area contributed by atoms with E-state index in [9.17, 15) is 9.59 Å². The first kappa shape index (κ1) is 20.6. The third-order valence-electron chi connectivity index (χ3n) is 4.34. The fraction of sp³-hybridized carbons (Fsp3) is 0.500. The van der Waals surface area contributed by atoms with Crippen molar-refractivity contribution in [1.82, 2.24) is 25.6 Å². The Kier molecular flexibility index (Phi) is 6.05. The van der Waals surface area contributed by atoms with Gasteiger partial charge in [-0.3, -0.25) is 4.79 Å². The molecule has 1 aliphatic carbocycles. The number of methoxy groups -OCH3 is 1. The van der Waals surface area contributed by atoms with Crippen LogP contribution in [0.25, 0.3) is 0 Å². The van der Waals surface area contributed by atoms with Crippen LogP contribution in [0.2, 0.25) is 0 Å². The molecule has 0 radical (unpaired) electrons. The molecule has 1 aliphatic rings. The maximum atomic E-state index is 12.5. The second-order valence-electron chi connectivity index (χ2n) is 7.97. The van der Waals surface area contributed by atoms with E-state index in [0.717, 1.165) is 18.4 Å². The van der Waals surface area contributed by atoms with E-state index in [2.05, 4.69) is 20.9 Å². The number of alkyl carbamates (subject to hydrolysis) is 1. The molecule has 1 saturated carbocycles. The molecule has 9 heteroatoms. The zero-order chi connectivity index (χ0) is 21.0. The summed E-state index contributed by atoms with van der Waals surface area (Å²) in [5, 5.41) is 13.5. The third-order valence-corrected chi connectivity index (χ3v) is 4.34. The average molecular weight is 401 g/mol. The number of aromatic nitrogens is 3. The van der Waals surface area contributed by atoms with Crippen molar-refractivity contribution < 1.29 is 19.1 Å². The normalized spacial score (nSPS) is 14.8. The van der Waals surface area contributed by atoms with Crippen molar-refractivity contribution in [3.63, 3.8) is 0 Å². The highest BCUT2D eigenvalue weighted by atomic mass is 16.6. The van der Waals surface area contributed by atoms with Crippen molar-refractivity contribution in [2.45, 2.75) is 51.3 Å². The lowest BCUT2D eigenvalue weighted by Gasteiger charge is -2.25. The maximum Gasteiger partial charge on any atom is 0.408 e. The highest BCUT2D eigenvalue weighted by molar-refractivity contribution is 5.91. The number of amides is 2. The third kappa shape index (κ3) is 5.69. The van der Waals surface area contributed by atoms with Gasteiger partial charge in [-0.05, 0) is 39.7 Å². The minimum atomic E-state index is -0.639. The van der Waals surface area contributed by atoms with Gasteiger partial charge in [0.05, 0.1) is 25.4 Å². The summed E-state index contributed by atoms with van der Waals surface area (Å²) in [6.45, 7) is 5.50. The number of benzene rings is 1. The van der Waals surface area contributed by atoms with Gasteiger partial charge in [0.15, 0.2) is 5.69 Å². The van der Waals surface area contributed by atoms with Crippen molar-refractivity contribution in [3.05, 3.63) is 41.7 Å². The monoisotopic (exact) mass is 401 g/mol. The standard InChI is InChI=1S/C20H27N5O4/c1-20(2,3)29-19(27)22-15(14-7-5-6-8-17(14)28-4)11-21-18(26)16-12-25(24-23-16)13-9-10-13/h5-8,12-13,15H,9-11H2,1-4H3,(H,21,26)(H,22,27). The maximum absolute atomic E-state index is 12.5. The number of ether oxygens (including phenoxy) is 2. The van der Waals surface area contributed by atoms with Gasteiger partial charge in [-0.25, -0.2) is 9.48 Å². The Hall–Kier alpha value is -3.10. The van der Waals surface area contributed by atoms with E-state index in [4.69, 9.17) is 9.47 Å². The van der Waals surface area contributed by atoms with Gasteiger partial charge in [0.1, 0.15) is 11.4 Å². The number of nitrogens with zero attached hydrogens (tertiary/aromatic N) is 3. The topological polar surface area (TPSA) is 107 Å². The molecule has 1 unspecified atom stereocenters. The largest absolute Gasteiger partial charge is 0.496 e. The van der Waals surface area contributed by atoms with E-state index < -0.39 is 17.7 Å². The number of carbonyl (C=O) groups excluding carboxylic acids is 2. The van der Waals surface area contributed by atoms with Crippen LogP contribution in [-0.2, 0) is 4.74 Å². The van der Waals surface area contributed by atoms with Crippen LogP contribution >= 0.6 is 0 Å².